The number of benzene rings is 2. The number of carbonyl (C=O) groups excluding carboxylic acids is 3. The van der Waals surface area contributed by atoms with E-state index in [1.54, 1.807) is 76.4 Å². The van der Waals surface area contributed by atoms with Crippen LogP contribution < -0.4 is 15.4 Å². The summed E-state index contributed by atoms with van der Waals surface area (Å²) in [6, 6.07) is 11.0. The van der Waals surface area contributed by atoms with Gasteiger partial charge in [0.15, 0.2) is 0 Å². The maximum Gasteiger partial charge on any atom is 0.408 e. The van der Waals surface area contributed by atoms with Gasteiger partial charge in [0.05, 0.1) is 13.7 Å². The highest BCUT2D eigenvalue weighted by Gasteiger charge is 2.48. The first kappa shape index (κ1) is 28.5. The van der Waals surface area contributed by atoms with Crippen LogP contribution in [0.4, 0.5) is 10.5 Å². The number of nitrogens with zero attached hydrogens (tertiary/aromatic N) is 1. The van der Waals surface area contributed by atoms with Crippen LogP contribution in [0, 0.1) is 18.3 Å². The largest absolute Gasteiger partial charge is 0.497 e. The highest BCUT2D eigenvalue weighted by Crippen LogP contribution is 2.41. The summed E-state index contributed by atoms with van der Waals surface area (Å²) in [5.74, 6) is 2.26. The van der Waals surface area contributed by atoms with Crippen molar-refractivity contribution in [2.24, 2.45) is 5.92 Å². The van der Waals surface area contributed by atoms with Crippen LogP contribution in [0.5, 0.6) is 5.75 Å². The Morgan fingerprint density at radius 2 is 1.74 bits per heavy atom. The van der Waals surface area contributed by atoms with Crippen LogP contribution in [0.1, 0.15) is 51.3 Å². The van der Waals surface area contributed by atoms with Gasteiger partial charge in [-0.1, -0.05) is 25.0 Å². The minimum atomic E-state index is -1.31. The Kier molecular flexibility index (Phi) is 9.02. The lowest BCUT2D eigenvalue weighted by molar-refractivity contribution is -0.142. The lowest BCUT2D eigenvalue weighted by Gasteiger charge is -2.34. The second-order valence-electron chi connectivity index (χ2n) is 10.3. The van der Waals surface area contributed by atoms with Crippen molar-refractivity contribution in [1.82, 2.24) is 10.2 Å². The Morgan fingerprint density at radius 3 is 2.21 bits per heavy atom. The standard InChI is InChI=1S/C29H35N3O6/c1-7-19-8-10-20(11-9-19)25(26(34)30-21-12-14-22(37-6)15-13-21)32(24-16-18(24)2)27(35)23(17-33)31-28(36)38-29(3,4)5/h1,8-15,18,23-25,33H,16-17H2,2-6H3,(H,30,34)(H,31,36). The van der Waals surface area contributed by atoms with Crippen molar-refractivity contribution in [2.45, 2.75) is 57.8 Å². The SMILES string of the molecule is C#Cc1ccc(C(C(=O)Nc2ccc(OC)cc2)N(C(=O)C(CO)NC(=O)OC(C)(C)C)C2CC2C)cc1. The van der Waals surface area contributed by atoms with Crippen molar-refractivity contribution in [2.75, 3.05) is 19.0 Å². The number of nitrogens with one attached hydrogen (secondary N) is 2. The van der Waals surface area contributed by atoms with E-state index in [9.17, 15) is 19.5 Å². The number of aliphatic hydroxyl groups excluding tert-OH is 1. The van der Waals surface area contributed by atoms with Gasteiger partial charge in [-0.15, -0.1) is 6.42 Å². The summed E-state index contributed by atoms with van der Waals surface area (Å²) in [6.07, 6.45) is 5.34. The molecule has 3 N–H and O–H groups in total. The molecular formula is C29H35N3O6. The summed E-state index contributed by atoms with van der Waals surface area (Å²) < 4.78 is 10.5. The molecule has 3 rings (SSSR count). The van der Waals surface area contributed by atoms with Gasteiger partial charge in [-0.3, -0.25) is 9.59 Å². The Bertz CT molecular complexity index is 1180. The molecule has 1 aliphatic carbocycles. The van der Waals surface area contributed by atoms with Crippen LogP contribution in [0.25, 0.3) is 0 Å². The number of methoxy groups -OCH3 is 1. The average molecular weight is 522 g/mol. The van der Waals surface area contributed by atoms with E-state index in [1.165, 1.54) is 4.90 Å². The van der Waals surface area contributed by atoms with Crippen LogP contribution >= 0.6 is 0 Å². The summed E-state index contributed by atoms with van der Waals surface area (Å²) in [6.45, 7) is 6.39. The molecule has 4 unspecified atom stereocenters. The van der Waals surface area contributed by atoms with E-state index in [1.807, 2.05) is 6.92 Å². The van der Waals surface area contributed by atoms with Crippen molar-refractivity contribution in [3.8, 4) is 18.1 Å². The van der Waals surface area contributed by atoms with E-state index in [0.29, 0.717) is 29.0 Å². The van der Waals surface area contributed by atoms with Crippen LogP contribution in [-0.4, -0.2) is 59.3 Å². The van der Waals surface area contributed by atoms with E-state index in [2.05, 4.69) is 16.6 Å². The molecule has 0 aromatic heterocycles. The zero-order chi connectivity index (χ0) is 28.0. The number of rotatable bonds is 9. The Balaban J connectivity index is 1.97. The van der Waals surface area contributed by atoms with Gasteiger partial charge in [0, 0.05) is 17.3 Å². The highest BCUT2D eigenvalue weighted by molar-refractivity contribution is 5.99. The van der Waals surface area contributed by atoms with Crippen molar-refractivity contribution in [3.63, 3.8) is 0 Å². The quantitative estimate of drug-likeness (QED) is 0.435. The minimum Gasteiger partial charge on any atom is -0.497 e. The normalized spacial score (nSPS) is 17.8. The van der Waals surface area contributed by atoms with Gasteiger partial charge >= 0.3 is 6.09 Å². The van der Waals surface area contributed by atoms with Gasteiger partial charge in [-0.05, 0) is 75.1 Å². The van der Waals surface area contributed by atoms with Crippen LogP contribution in [0.3, 0.4) is 0 Å². The van der Waals surface area contributed by atoms with E-state index in [-0.39, 0.29) is 12.0 Å². The monoisotopic (exact) mass is 521 g/mol. The number of alkyl carbamates (subject to hydrolysis) is 1. The molecule has 0 saturated heterocycles. The van der Waals surface area contributed by atoms with E-state index < -0.39 is 42.2 Å². The van der Waals surface area contributed by atoms with Crippen molar-refractivity contribution >= 4 is 23.6 Å². The molecular weight excluding hydrogens is 486 g/mol. The first-order chi connectivity index (χ1) is 18.0. The average Bonchev–Trinajstić information content (AvgIpc) is 3.60. The summed E-state index contributed by atoms with van der Waals surface area (Å²) in [5, 5.41) is 15.4. The number of amides is 3. The molecule has 0 heterocycles. The van der Waals surface area contributed by atoms with Gasteiger partial charge in [-0.25, -0.2) is 4.79 Å². The van der Waals surface area contributed by atoms with Crippen LogP contribution in [0.15, 0.2) is 48.5 Å². The van der Waals surface area contributed by atoms with E-state index in [4.69, 9.17) is 15.9 Å². The third-order valence-corrected chi connectivity index (χ3v) is 6.13. The molecule has 1 aliphatic rings. The molecule has 0 bridgehead atoms. The van der Waals surface area contributed by atoms with Crippen molar-refractivity contribution < 1.29 is 29.0 Å². The molecule has 1 saturated carbocycles. The third kappa shape index (κ3) is 7.26. The molecule has 1 fully saturated rings. The second-order valence-corrected chi connectivity index (χ2v) is 10.3. The molecule has 9 heteroatoms. The van der Waals surface area contributed by atoms with Gasteiger partial charge in [-0.2, -0.15) is 0 Å². The molecule has 2 aromatic rings. The number of anilines is 1. The first-order valence-electron chi connectivity index (χ1n) is 12.4. The van der Waals surface area contributed by atoms with Crippen molar-refractivity contribution in [3.05, 3.63) is 59.7 Å². The Labute approximate surface area is 223 Å². The molecule has 4 atom stereocenters. The van der Waals surface area contributed by atoms with Crippen LogP contribution in [0.2, 0.25) is 0 Å². The van der Waals surface area contributed by atoms with Gasteiger partial charge < -0.3 is 30.1 Å². The lowest BCUT2D eigenvalue weighted by Crippen LogP contribution is -2.54. The molecule has 2 aromatic carbocycles. The second kappa shape index (κ2) is 12.0. The number of aliphatic hydroxyl groups is 1. The minimum absolute atomic E-state index is 0.126. The number of ether oxygens (including phenoxy) is 2. The number of carbonyl (C=O) groups is 3. The fourth-order valence-corrected chi connectivity index (χ4v) is 4.07. The zero-order valence-corrected chi connectivity index (χ0v) is 22.4. The molecule has 0 radical (unpaired) electrons. The van der Waals surface area contributed by atoms with E-state index in [0.717, 1.165) is 0 Å². The topological polar surface area (TPSA) is 117 Å². The number of hydrogen-bond donors (Lipinski definition) is 3. The van der Waals surface area contributed by atoms with E-state index >= 15 is 0 Å². The maximum absolute atomic E-state index is 13.8. The smallest absolute Gasteiger partial charge is 0.408 e. The Hall–Kier alpha value is -4.03. The predicted octanol–water partition coefficient (Wildman–Crippen LogP) is 3.48. The maximum atomic E-state index is 13.8. The van der Waals surface area contributed by atoms with Gasteiger partial charge in [0.25, 0.3) is 5.91 Å². The van der Waals surface area contributed by atoms with Crippen molar-refractivity contribution in [1.29, 1.82) is 0 Å². The molecule has 202 valence electrons. The summed E-state index contributed by atoms with van der Waals surface area (Å²) in [4.78, 5) is 41.5. The molecule has 0 spiro atoms. The predicted molar refractivity (Wildman–Crippen MR) is 143 cm³/mol. The Morgan fingerprint density at radius 1 is 1.13 bits per heavy atom. The van der Waals surface area contributed by atoms with Crippen LogP contribution in [-0.2, 0) is 14.3 Å². The zero-order valence-electron chi connectivity index (χ0n) is 22.4. The van der Waals surface area contributed by atoms with Gasteiger partial charge in [0.2, 0.25) is 5.91 Å². The molecule has 0 aliphatic heterocycles. The number of hydrogen-bond acceptors (Lipinski definition) is 6. The summed E-state index contributed by atoms with van der Waals surface area (Å²) in [7, 11) is 1.55. The fourth-order valence-electron chi connectivity index (χ4n) is 4.07. The number of terminal acetylenes is 1. The first-order valence-corrected chi connectivity index (χ1v) is 12.4. The summed E-state index contributed by atoms with van der Waals surface area (Å²) in [5.41, 5.74) is 0.886. The molecule has 9 nitrogen and oxygen atoms in total. The fraction of sp³-hybridized carbons (Fsp3) is 0.414. The molecule has 3 amide bonds. The highest BCUT2D eigenvalue weighted by atomic mass is 16.6. The van der Waals surface area contributed by atoms with Gasteiger partial charge in [0.1, 0.15) is 23.4 Å². The molecule has 38 heavy (non-hydrogen) atoms. The lowest BCUT2D eigenvalue weighted by atomic mass is 10.0. The summed E-state index contributed by atoms with van der Waals surface area (Å²) >= 11 is 0. The third-order valence-electron chi connectivity index (χ3n) is 6.13.